The summed E-state index contributed by atoms with van der Waals surface area (Å²) in [4.78, 5) is 18.4. The SMILES string of the molecule is Cc1nn(-c2ccccc2)c2nc3c(cc12)C(=O)N[C@H](c1cccs1)N3. The van der Waals surface area contributed by atoms with Gasteiger partial charge in [0.1, 0.15) is 12.0 Å². The van der Waals surface area contributed by atoms with Crippen LogP contribution in [-0.4, -0.2) is 20.7 Å². The van der Waals surface area contributed by atoms with Gasteiger partial charge in [0.2, 0.25) is 0 Å². The molecule has 0 bridgehead atoms. The molecule has 7 heteroatoms. The number of pyridine rings is 1. The number of nitrogens with zero attached hydrogens (tertiary/aromatic N) is 3. The second-order valence-electron chi connectivity index (χ2n) is 6.15. The number of aryl methyl sites for hydroxylation is 1. The van der Waals surface area contributed by atoms with Crippen molar-refractivity contribution in [3.8, 4) is 5.69 Å². The fourth-order valence-corrected chi connectivity index (χ4v) is 3.92. The quantitative estimate of drug-likeness (QED) is 0.572. The van der Waals surface area contributed by atoms with Gasteiger partial charge in [-0.05, 0) is 36.6 Å². The molecule has 0 saturated carbocycles. The fraction of sp³-hybridized carbons (Fsp3) is 0.105. The van der Waals surface area contributed by atoms with Gasteiger partial charge >= 0.3 is 0 Å². The number of aromatic nitrogens is 3. The first-order valence-corrected chi connectivity index (χ1v) is 9.15. The largest absolute Gasteiger partial charge is 0.345 e. The molecule has 0 spiro atoms. The summed E-state index contributed by atoms with van der Waals surface area (Å²) in [6.07, 6.45) is -0.269. The maximum atomic E-state index is 12.6. The summed E-state index contributed by atoms with van der Waals surface area (Å²) in [6.45, 7) is 1.93. The summed E-state index contributed by atoms with van der Waals surface area (Å²) in [5, 5.41) is 13.8. The van der Waals surface area contributed by atoms with E-state index in [4.69, 9.17) is 4.98 Å². The molecule has 0 fully saturated rings. The Balaban J connectivity index is 1.67. The van der Waals surface area contributed by atoms with Gasteiger partial charge < -0.3 is 10.6 Å². The van der Waals surface area contributed by atoms with Crippen LogP contribution in [0.25, 0.3) is 16.7 Å². The van der Waals surface area contributed by atoms with E-state index in [-0.39, 0.29) is 12.1 Å². The van der Waals surface area contributed by atoms with Crippen molar-refractivity contribution in [2.45, 2.75) is 13.1 Å². The monoisotopic (exact) mass is 361 g/mol. The Kier molecular flexibility index (Phi) is 3.29. The number of para-hydroxylation sites is 1. The molecule has 0 saturated heterocycles. The lowest BCUT2D eigenvalue weighted by Gasteiger charge is -2.26. The normalized spacial score (nSPS) is 16.2. The van der Waals surface area contributed by atoms with E-state index in [2.05, 4.69) is 15.7 Å². The van der Waals surface area contributed by atoms with Gasteiger partial charge in [0.05, 0.1) is 16.9 Å². The van der Waals surface area contributed by atoms with E-state index in [1.807, 2.05) is 65.5 Å². The number of hydrogen-bond acceptors (Lipinski definition) is 5. The van der Waals surface area contributed by atoms with Crippen molar-refractivity contribution in [2.75, 3.05) is 5.32 Å². The van der Waals surface area contributed by atoms with Crippen LogP contribution in [0.3, 0.4) is 0 Å². The molecule has 1 aromatic carbocycles. The minimum atomic E-state index is -0.269. The Bertz CT molecular complexity index is 1120. The van der Waals surface area contributed by atoms with Crippen LogP contribution in [0.15, 0.2) is 53.9 Å². The van der Waals surface area contributed by atoms with E-state index in [0.717, 1.165) is 27.3 Å². The molecule has 1 amide bonds. The molecule has 0 unspecified atom stereocenters. The zero-order chi connectivity index (χ0) is 17.7. The first-order chi connectivity index (χ1) is 12.7. The van der Waals surface area contributed by atoms with Crippen LogP contribution in [0.2, 0.25) is 0 Å². The predicted molar refractivity (Wildman–Crippen MR) is 102 cm³/mol. The Morgan fingerprint density at radius 1 is 1.12 bits per heavy atom. The number of hydrogen-bond donors (Lipinski definition) is 2. The topological polar surface area (TPSA) is 71.8 Å². The molecule has 128 valence electrons. The molecule has 3 aromatic heterocycles. The van der Waals surface area contributed by atoms with Crippen LogP contribution in [0.4, 0.5) is 5.82 Å². The highest BCUT2D eigenvalue weighted by atomic mass is 32.1. The number of carbonyl (C=O) groups is 1. The van der Waals surface area contributed by atoms with E-state index in [0.29, 0.717) is 11.4 Å². The number of carbonyl (C=O) groups excluding carboxylic acids is 1. The number of thiophene rings is 1. The number of amides is 1. The second kappa shape index (κ2) is 5.67. The summed E-state index contributed by atoms with van der Waals surface area (Å²) in [5.41, 5.74) is 3.06. The number of rotatable bonds is 2. The molecule has 1 aliphatic heterocycles. The zero-order valence-electron chi connectivity index (χ0n) is 13.9. The summed E-state index contributed by atoms with van der Waals surface area (Å²) in [5.74, 6) is 0.454. The first kappa shape index (κ1) is 15.1. The average molecular weight is 361 g/mol. The summed E-state index contributed by atoms with van der Waals surface area (Å²) < 4.78 is 1.82. The minimum Gasteiger partial charge on any atom is -0.345 e. The average Bonchev–Trinajstić information content (AvgIpc) is 3.30. The van der Waals surface area contributed by atoms with Gasteiger partial charge in [-0.3, -0.25) is 4.79 Å². The molecule has 0 aliphatic carbocycles. The molecule has 26 heavy (non-hydrogen) atoms. The second-order valence-corrected chi connectivity index (χ2v) is 7.13. The summed E-state index contributed by atoms with van der Waals surface area (Å²) >= 11 is 1.59. The zero-order valence-corrected chi connectivity index (χ0v) is 14.7. The highest BCUT2D eigenvalue weighted by molar-refractivity contribution is 7.10. The van der Waals surface area contributed by atoms with Crippen molar-refractivity contribution in [3.63, 3.8) is 0 Å². The van der Waals surface area contributed by atoms with Gasteiger partial charge in [0.15, 0.2) is 5.65 Å². The summed E-state index contributed by atoms with van der Waals surface area (Å²) in [7, 11) is 0. The fourth-order valence-electron chi connectivity index (χ4n) is 3.19. The molecule has 1 aliphatic rings. The van der Waals surface area contributed by atoms with E-state index < -0.39 is 0 Å². The lowest BCUT2D eigenvalue weighted by molar-refractivity contribution is 0.0936. The van der Waals surface area contributed by atoms with Crippen LogP contribution >= 0.6 is 11.3 Å². The highest BCUT2D eigenvalue weighted by Gasteiger charge is 2.28. The van der Waals surface area contributed by atoms with Gasteiger partial charge in [-0.1, -0.05) is 24.3 Å². The lowest BCUT2D eigenvalue weighted by atomic mass is 10.1. The van der Waals surface area contributed by atoms with Crippen molar-refractivity contribution in [1.82, 2.24) is 20.1 Å². The van der Waals surface area contributed by atoms with E-state index in [1.54, 1.807) is 11.3 Å². The highest BCUT2D eigenvalue weighted by Crippen LogP contribution is 2.31. The number of benzene rings is 1. The maximum Gasteiger partial charge on any atom is 0.256 e. The van der Waals surface area contributed by atoms with Crippen molar-refractivity contribution in [3.05, 3.63) is 70.0 Å². The van der Waals surface area contributed by atoms with Crippen LogP contribution in [0, 0.1) is 6.92 Å². The molecule has 4 aromatic rings. The Morgan fingerprint density at radius 3 is 2.73 bits per heavy atom. The molecular weight excluding hydrogens is 346 g/mol. The molecule has 6 nitrogen and oxygen atoms in total. The minimum absolute atomic E-state index is 0.126. The number of fused-ring (bicyclic) bond motifs is 2. The van der Waals surface area contributed by atoms with Crippen LogP contribution in [-0.2, 0) is 0 Å². The predicted octanol–water partition coefficient (Wildman–Crippen LogP) is 3.64. The third-order valence-corrected chi connectivity index (χ3v) is 5.41. The molecule has 2 N–H and O–H groups in total. The number of nitrogens with one attached hydrogen (secondary N) is 2. The van der Waals surface area contributed by atoms with Gasteiger partial charge in [-0.15, -0.1) is 11.3 Å². The molecule has 4 heterocycles. The Labute approximate surface area is 153 Å². The van der Waals surface area contributed by atoms with Gasteiger partial charge in [0, 0.05) is 10.3 Å². The first-order valence-electron chi connectivity index (χ1n) is 8.27. The Morgan fingerprint density at radius 2 is 1.96 bits per heavy atom. The van der Waals surface area contributed by atoms with Gasteiger partial charge in [-0.25, -0.2) is 9.67 Å². The summed E-state index contributed by atoms with van der Waals surface area (Å²) in [6, 6.07) is 15.7. The van der Waals surface area contributed by atoms with E-state index in [1.165, 1.54) is 0 Å². The molecule has 5 rings (SSSR count). The van der Waals surface area contributed by atoms with Crippen molar-refractivity contribution >= 4 is 34.1 Å². The van der Waals surface area contributed by atoms with Gasteiger partial charge in [-0.2, -0.15) is 5.10 Å². The third kappa shape index (κ3) is 2.28. The van der Waals surface area contributed by atoms with Crippen molar-refractivity contribution in [1.29, 1.82) is 0 Å². The van der Waals surface area contributed by atoms with Crippen molar-refractivity contribution in [2.24, 2.45) is 0 Å². The van der Waals surface area contributed by atoms with Gasteiger partial charge in [0.25, 0.3) is 5.91 Å². The lowest BCUT2D eigenvalue weighted by Crippen LogP contribution is -2.38. The molecular formula is C19H15N5OS. The van der Waals surface area contributed by atoms with Crippen LogP contribution < -0.4 is 10.6 Å². The number of anilines is 1. The van der Waals surface area contributed by atoms with Crippen LogP contribution in [0.5, 0.6) is 0 Å². The smallest absolute Gasteiger partial charge is 0.256 e. The van der Waals surface area contributed by atoms with Crippen LogP contribution in [0.1, 0.15) is 27.1 Å². The van der Waals surface area contributed by atoms with E-state index in [9.17, 15) is 4.79 Å². The van der Waals surface area contributed by atoms with E-state index >= 15 is 0 Å². The molecule has 0 radical (unpaired) electrons. The Hall–Kier alpha value is -3.19. The molecule has 1 atom stereocenters. The van der Waals surface area contributed by atoms with Crippen molar-refractivity contribution < 1.29 is 4.79 Å². The maximum absolute atomic E-state index is 12.6. The third-order valence-electron chi connectivity index (χ3n) is 4.47. The standard InChI is InChI=1S/C19H15N5OS/c1-11-13-10-14-16(20-17(22-19(14)25)15-8-5-9-26-15)21-18(13)24(23-11)12-6-3-2-4-7-12/h2-10,17H,1H3,(H,20,21)(H,22,25)/t17-/m1/s1.